The van der Waals surface area contributed by atoms with Crippen molar-refractivity contribution in [2.45, 2.75) is 71.3 Å². The molecular weight excluding hydrogens is 330 g/mol. The summed E-state index contributed by atoms with van der Waals surface area (Å²) in [5.74, 6) is 0. The zero-order valence-corrected chi connectivity index (χ0v) is 17.3. The first-order valence-electron chi connectivity index (χ1n) is 11.3. The fraction of sp³-hybridized carbons (Fsp3) is 0.667. The Kier molecular flexibility index (Phi) is 5.89. The lowest BCUT2D eigenvalue weighted by Crippen LogP contribution is -2.49. The Hall–Kier alpha value is -1.32. The highest BCUT2D eigenvalue weighted by molar-refractivity contribution is 5.85. The number of nitrogens with zero attached hydrogens (tertiary/aromatic N) is 1. The van der Waals surface area contributed by atoms with Gasteiger partial charge in [0, 0.05) is 23.1 Å². The quantitative estimate of drug-likeness (QED) is 0.610. The van der Waals surface area contributed by atoms with E-state index >= 15 is 0 Å². The number of aromatic amines is 1. The largest absolute Gasteiger partial charge is 0.357 e. The van der Waals surface area contributed by atoms with Crippen LogP contribution < -0.4 is 5.32 Å². The second kappa shape index (κ2) is 8.36. The second-order valence-electron chi connectivity index (χ2n) is 8.78. The molecule has 27 heavy (non-hydrogen) atoms. The fourth-order valence-electron chi connectivity index (χ4n) is 5.80. The molecule has 2 atom stereocenters. The van der Waals surface area contributed by atoms with Gasteiger partial charge in [0.15, 0.2) is 0 Å². The van der Waals surface area contributed by atoms with Gasteiger partial charge in [0.05, 0.1) is 6.04 Å². The summed E-state index contributed by atoms with van der Waals surface area (Å²) in [4.78, 5) is 6.67. The second-order valence-corrected chi connectivity index (χ2v) is 8.78. The van der Waals surface area contributed by atoms with Gasteiger partial charge >= 0.3 is 0 Å². The van der Waals surface area contributed by atoms with E-state index in [1.165, 1.54) is 88.4 Å². The fourth-order valence-corrected chi connectivity index (χ4v) is 5.80. The first-order chi connectivity index (χ1) is 13.3. The maximum atomic E-state index is 3.87. The van der Waals surface area contributed by atoms with Gasteiger partial charge in [0.1, 0.15) is 0 Å². The summed E-state index contributed by atoms with van der Waals surface area (Å²) in [5.41, 5.74) is 4.91. The van der Waals surface area contributed by atoms with Crippen molar-refractivity contribution in [3.63, 3.8) is 0 Å². The molecule has 3 heterocycles. The Balaban J connectivity index is 1.58. The highest BCUT2D eigenvalue weighted by Gasteiger charge is 2.46. The molecular formula is C24H37N3. The molecule has 1 aromatic carbocycles. The van der Waals surface area contributed by atoms with E-state index in [4.69, 9.17) is 0 Å². The molecule has 4 rings (SSSR count). The van der Waals surface area contributed by atoms with Crippen LogP contribution in [0.5, 0.6) is 0 Å². The highest BCUT2D eigenvalue weighted by Crippen LogP contribution is 2.53. The van der Waals surface area contributed by atoms with Crippen LogP contribution in [0.15, 0.2) is 24.3 Å². The summed E-state index contributed by atoms with van der Waals surface area (Å²) in [6, 6.07) is 9.51. The van der Waals surface area contributed by atoms with E-state index in [1.807, 2.05) is 0 Å². The first-order valence-corrected chi connectivity index (χ1v) is 11.3. The van der Waals surface area contributed by atoms with Crippen molar-refractivity contribution in [3.8, 4) is 0 Å². The molecule has 3 heteroatoms. The third-order valence-electron chi connectivity index (χ3n) is 7.27. The number of para-hydroxylation sites is 1. The molecule has 2 N–H and O–H groups in total. The van der Waals surface area contributed by atoms with Gasteiger partial charge < -0.3 is 10.3 Å². The predicted molar refractivity (Wildman–Crippen MR) is 115 cm³/mol. The van der Waals surface area contributed by atoms with Crippen LogP contribution in [0.2, 0.25) is 0 Å². The number of fused-ring (bicyclic) bond motifs is 5. The summed E-state index contributed by atoms with van der Waals surface area (Å²) < 4.78 is 0. The maximum absolute atomic E-state index is 3.87. The smallest absolute Gasteiger partial charge is 0.0558 e. The molecule has 0 aliphatic carbocycles. The lowest BCUT2D eigenvalue weighted by molar-refractivity contribution is -0.00848. The molecule has 148 valence electrons. The molecule has 1 fully saturated rings. The lowest BCUT2D eigenvalue weighted by Gasteiger charge is -2.52. The number of benzene rings is 1. The molecule has 2 aliphatic heterocycles. The number of aromatic nitrogens is 1. The number of piperidine rings is 1. The van der Waals surface area contributed by atoms with Gasteiger partial charge in [-0.05, 0) is 81.6 Å². The van der Waals surface area contributed by atoms with Crippen LogP contribution >= 0.6 is 0 Å². The van der Waals surface area contributed by atoms with E-state index in [0.717, 1.165) is 0 Å². The van der Waals surface area contributed by atoms with Gasteiger partial charge in [0.25, 0.3) is 0 Å². The highest BCUT2D eigenvalue weighted by atomic mass is 15.2. The summed E-state index contributed by atoms with van der Waals surface area (Å²) in [7, 11) is 0. The topological polar surface area (TPSA) is 31.1 Å². The van der Waals surface area contributed by atoms with E-state index in [9.17, 15) is 0 Å². The molecule has 0 amide bonds. The Morgan fingerprint density at radius 2 is 2.00 bits per heavy atom. The van der Waals surface area contributed by atoms with Crippen molar-refractivity contribution < 1.29 is 0 Å². The number of H-pyrrole nitrogens is 1. The van der Waals surface area contributed by atoms with Crippen LogP contribution in [0.25, 0.3) is 10.9 Å². The standard InChI is InChI=1S/C24H37N3/c1-3-5-15-25-16-8-13-24(4-2)14-9-17-27-18-12-20-19-10-6-7-11-21(19)26-22(20)23(24)27/h6-7,10-11,23,25-26H,3-5,8-9,12-18H2,1-2H3. The number of hydrogen-bond acceptors (Lipinski definition) is 2. The SMILES string of the molecule is CCCCNCCCC1(CC)CCCN2CCc3c([nH]c4ccccc34)C21. The van der Waals surface area contributed by atoms with Crippen molar-refractivity contribution in [1.82, 2.24) is 15.2 Å². The summed E-state index contributed by atoms with van der Waals surface area (Å²) in [6.45, 7) is 9.56. The van der Waals surface area contributed by atoms with Crippen molar-refractivity contribution in [1.29, 1.82) is 0 Å². The van der Waals surface area contributed by atoms with Crippen LogP contribution in [0.3, 0.4) is 0 Å². The Labute approximate surface area is 164 Å². The normalized spacial score (nSPS) is 25.5. The van der Waals surface area contributed by atoms with Gasteiger partial charge in [0.2, 0.25) is 0 Å². The molecule has 0 spiro atoms. The minimum Gasteiger partial charge on any atom is -0.357 e. The monoisotopic (exact) mass is 367 g/mol. The minimum atomic E-state index is 0.431. The van der Waals surface area contributed by atoms with E-state index in [0.29, 0.717) is 11.5 Å². The number of rotatable bonds is 8. The zero-order chi connectivity index (χ0) is 18.7. The van der Waals surface area contributed by atoms with Crippen LogP contribution in [-0.2, 0) is 6.42 Å². The molecule has 2 unspecified atom stereocenters. The van der Waals surface area contributed by atoms with Crippen molar-refractivity contribution in [3.05, 3.63) is 35.5 Å². The van der Waals surface area contributed by atoms with E-state index in [2.05, 4.69) is 53.3 Å². The van der Waals surface area contributed by atoms with E-state index in [1.54, 1.807) is 11.3 Å². The summed E-state index contributed by atoms with van der Waals surface area (Å²) in [5, 5.41) is 5.12. The first kappa shape index (κ1) is 19.0. The molecule has 3 nitrogen and oxygen atoms in total. The third-order valence-corrected chi connectivity index (χ3v) is 7.27. The third kappa shape index (κ3) is 3.56. The molecule has 0 saturated carbocycles. The Morgan fingerprint density at radius 3 is 2.85 bits per heavy atom. The number of unbranched alkanes of at least 4 members (excludes halogenated alkanes) is 1. The predicted octanol–water partition coefficient (Wildman–Crippen LogP) is 5.43. The zero-order valence-electron chi connectivity index (χ0n) is 17.3. The molecule has 2 aromatic rings. The minimum absolute atomic E-state index is 0.431. The van der Waals surface area contributed by atoms with Crippen LogP contribution in [-0.4, -0.2) is 36.1 Å². The molecule has 0 radical (unpaired) electrons. The van der Waals surface area contributed by atoms with E-state index < -0.39 is 0 Å². The van der Waals surface area contributed by atoms with Crippen molar-refractivity contribution in [2.24, 2.45) is 5.41 Å². The lowest BCUT2D eigenvalue weighted by atomic mass is 9.65. The van der Waals surface area contributed by atoms with Crippen LogP contribution in [0.1, 0.15) is 76.1 Å². The number of nitrogens with one attached hydrogen (secondary N) is 2. The molecule has 1 aromatic heterocycles. The Bertz CT molecular complexity index is 749. The van der Waals surface area contributed by atoms with Crippen molar-refractivity contribution >= 4 is 10.9 Å². The van der Waals surface area contributed by atoms with Gasteiger partial charge in [-0.25, -0.2) is 0 Å². The van der Waals surface area contributed by atoms with Gasteiger partial charge in [-0.3, -0.25) is 4.90 Å². The summed E-state index contributed by atoms with van der Waals surface area (Å²) in [6.07, 6.45) is 10.5. The molecule has 1 saturated heterocycles. The Morgan fingerprint density at radius 1 is 1.15 bits per heavy atom. The molecule has 2 aliphatic rings. The van der Waals surface area contributed by atoms with E-state index in [-0.39, 0.29) is 0 Å². The van der Waals surface area contributed by atoms with Gasteiger partial charge in [-0.2, -0.15) is 0 Å². The van der Waals surface area contributed by atoms with Gasteiger partial charge in [-0.1, -0.05) is 38.5 Å². The summed E-state index contributed by atoms with van der Waals surface area (Å²) >= 11 is 0. The van der Waals surface area contributed by atoms with Crippen LogP contribution in [0.4, 0.5) is 0 Å². The average molecular weight is 368 g/mol. The average Bonchev–Trinajstić information content (AvgIpc) is 3.09. The van der Waals surface area contributed by atoms with Gasteiger partial charge in [-0.15, -0.1) is 0 Å². The van der Waals surface area contributed by atoms with Crippen LogP contribution in [0, 0.1) is 5.41 Å². The van der Waals surface area contributed by atoms with Crippen molar-refractivity contribution in [2.75, 3.05) is 26.2 Å². The number of hydrogen-bond donors (Lipinski definition) is 2. The molecule has 0 bridgehead atoms. The maximum Gasteiger partial charge on any atom is 0.0558 e.